The quantitative estimate of drug-likeness (QED) is 0.490. The molecule has 2 aromatic carbocycles. The Bertz CT molecular complexity index is 1140. The molecule has 0 saturated carbocycles. The Hall–Kier alpha value is -3.74. The summed E-state index contributed by atoms with van der Waals surface area (Å²) in [5, 5.41) is 8.68. The number of fused-ring (bicyclic) bond motifs is 1. The van der Waals surface area contributed by atoms with E-state index >= 15 is 0 Å². The molecule has 28 heavy (non-hydrogen) atoms. The molecule has 2 heterocycles. The smallest absolute Gasteiger partial charge is 0.338 e. The van der Waals surface area contributed by atoms with Crippen LogP contribution in [0.5, 0.6) is 11.5 Å². The van der Waals surface area contributed by atoms with E-state index < -0.39 is 0 Å². The summed E-state index contributed by atoms with van der Waals surface area (Å²) in [5.74, 6) is 0.889. The van der Waals surface area contributed by atoms with Crippen LogP contribution in [-0.4, -0.2) is 32.6 Å². The third kappa shape index (κ3) is 3.29. The van der Waals surface area contributed by atoms with Crippen molar-refractivity contribution >= 4 is 16.9 Å². The second kappa shape index (κ2) is 7.48. The molecule has 0 N–H and O–H groups in total. The van der Waals surface area contributed by atoms with Gasteiger partial charge >= 0.3 is 5.97 Å². The number of aromatic nitrogens is 4. The zero-order valence-corrected chi connectivity index (χ0v) is 15.5. The molecular formula is C21H18N4O3. The maximum absolute atomic E-state index is 12.1. The van der Waals surface area contributed by atoms with Crippen LogP contribution in [-0.2, 0) is 4.74 Å². The molecular weight excluding hydrogens is 356 g/mol. The minimum atomic E-state index is -0.359. The van der Waals surface area contributed by atoms with Gasteiger partial charge in [-0.1, -0.05) is 11.3 Å². The molecule has 0 spiro atoms. The lowest BCUT2D eigenvalue weighted by molar-refractivity contribution is 0.0525. The number of ether oxygens (including phenoxy) is 2. The van der Waals surface area contributed by atoms with Gasteiger partial charge < -0.3 is 9.47 Å². The highest BCUT2D eigenvalue weighted by molar-refractivity contribution is 5.92. The van der Waals surface area contributed by atoms with Gasteiger partial charge in [0.1, 0.15) is 11.5 Å². The predicted octanol–water partition coefficient (Wildman–Crippen LogP) is 4.09. The average Bonchev–Trinajstić information content (AvgIpc) is 3.24. The molecule has 4 rings (SSSR count). The number of nitrogens with zero attached hydrogens (tertiary/aromatic N) is 4. The zero-order chi connectivity index (χ0) is 19.5. The minimum Gasteiger partial charge on any atom is -0.462 e. The molecule has 4 aromatic rings. The summed E-state index contributed by atoms with van der Waals surface area (Å²) in [5.41, 5.74) is 2.84. The van der Waals surface area contributed by atoms with Crippen molar-refractivity contribution in [1.29, 1.82) is 0 Å². The first-order chi connectivity index (χ1) is 13.7. The van der Waals surface area contributed by atoms with Crippen LogP contribution >= 0.6 is 0 Å². The van der Waals surface area contributed by atoms with E-state index in [0.717, 1.165) is 22.2 Å². The van der Waals surface area contributed by atoms with E-state index in [-0.39, 0.29) is 5.97 Å². The van der Waals surface area contributed by atoms with Gasteiger partial charge in [0.05, 0.1) is 35.8 Å². The van der Waals surface area contributed by atoms with Gasteiger partial charge in [-0.15, -0.1) is 5.10 Å². The molecule has 2 aromatic heterocycles. The molecule has 0 aliphatic carbocycles. The summed E-state index contributed by atoms with van der Waals surface area (Å²) in [7, 11) is 0. The summed E-state index contributed by atoms with van der Waals surface area (Å²) in [4.78, 5) is 16.6. The molecule has 0 unspecified atom stereocenters. The van der Waals surface area contributed by atoms with E-state index in [2.05, 4.69) is 15.3 Å². The van der Waals surface area contributed by atoms with E-state index in [1.54, 1.807) is 48.4 Å². The first-order valence-corrected chi connectivity index (χ1v) is 8.87. The number of rotatable bonds is 5. The zero-order valence-electron chi connectivity index (χ0n) is 15.5. The summed E-state index contributed by atoms with van der Waals surface area (Å²) in [6, 6.07) is 12.9. The number of hydrogen-bond acceptors (Lipinski definition) is 6. The van der Waals surface area contributed by atoms with E-state index in [1.807, 2.05) is 31.2 Å². The lowest BCUT2D eigenvalue weighted by atomic mass is 10.1. The SMILES string of the molecule is CCOC(=O)c1cccc(Oc2ccnc3cc(-n4ccnn4)ccc23)c1C. The largest absolute Gasteiger partial charge is 0.462 e. The van der Waals surface area contributed by atoms with Crippen molar-refractivity contribution in [3.63, 3.8) is 0 Å². The number of pyridine rings is 1. The first kappa shape index (κ1) is 17.7. The van der Waals surface area contributed by atoms with Crippen LogP contribution < -0.4 is 4.74 Å². The molecule has 0 bridgehead atoms. The molecule has 0 amide bonds. The standard InChI is InChI=1S/C21H18N4O3/c1-3-27-21(26)16-5-4-6-19(14(16)2)28-20-9-10-22-18-13-15(7-8-17(18)20)25-12-11-23-24-25/h4-13H,3H2,1-2H3. The summed E-state index contributed by atoms with van der Waals surface area (Å²) in [6.07, 6.45) is 5.08. The fourth-order valence-electron chi connectivity index (χ4n) is 2.96. The Labute approximate surface area is 161 Å². The Kier molecular flexibility index (Phi) is 4.72. The third-order valence-electron chi connectivity index (χ3n) is 4.37. The monoisotopic (exact) mass is 374 g/mol. The molecule has 7 nitrogen and oxygen atoms in total. The Morgan fingerprint density at radius 2 is 2.00 bits per heavy atom. The maximum atomic E-state index is 12.1. The topological polar surface area (TPSA) is 79.1 Å². The second-order valence-electron chi connectivity index (χ2n) is 6.11. The molecule has 0 saturated heterocycles. The third-order valence-corrected chi connectivity index (χ3v) is 4.37. The summed E-state index contributed by atoms with van der Waals surface area (Å²) in [6.45, 7) is 3.95. The molecule has 0 fully saturated rings. The van der Waals surface area contributed by atoms with Gasteiger partial charge in [0, 0.05) is 17.1 Å². The Morgan fingerprint density at radius 1 is 1.11 bits per heavy atom. The van der Waals surface area contributed by atoms with Crippen molar-refractivity contribution in [3.05, 3.63) is 72.2 Å². The number of carbonyl (C=O) groups excluding carboxylic acids is 1. The number of benzene rings is 2. The average molecular weight is 374 g/mol. The van der Waals surface area contributed by atoms with Gasteiger partial charge in [-0.05, 0) is 50.2 Å². The van der Waals surface area contributed by atoms with Crippen LogP contribution in [0.1, 0.15) is 22.8 Å². The van der Waals surface area contributed by atoms with Gasteiger partial charge in [0.2, 0.25) is 0 Å². The van der Waals surface area contributed by atoms with E-state index in [9.17, 15) is 4.79 Å². The van der Waals surface area contributed by atoms with Crippen molar-refractivity contribution in [2.24, 2.45) is 0 Å². The molecule has 0 radical (unpaired) electrons. The van der Waals surface area contributed by atoms with E-state index in [4.69, 9.17) is 9.47 Å². The molecule has 0 aliphatic rings. The highest BCUT2D eigenvalue weighted by Gasteiger charge is 2.15. The van der Waals surface area contributed by atoms with Gasteiger partial charge in [0.15, 0.2) is 0 Å². The van der Waals surface area contributed by atoms with Crippen LogP contribution in [0, 0.1) is 6.92 Å². The summed E-state index contributed by atoms with van der Waals surface area (Å²) < 4.78 is 12.9. The van der Waals surface area contributed by atoms with Crippen LogP contribution in [0.4, 0.5) is 0 Å². The maximum Gasteiger partial charge on any atom is 0.338 e. The lowest BCUT2D eigenvalue weighted by Gasteiger charge is -2.13. The Morgan fingerprint density at radius 3 is 2.79 bits per heavy atom. The minimum absolute atomic E-state index is 0.326. The van der Waals surface area contributed by atoms with Crippen LogP contribution in [0.2, 0.25) is 0 Å². The van der Waals surface area contributed by atoms with Gasteiger partial charge in [-0.2, -0.15) is 0 Å². The number of esters is 1. The van der Waals surface area contributed by atoms with Gasteiger partial charge in [0.25, 0.3) is 0 Å². The van der Waals surface area contributed by atoms with Gasteiger partial charge in [-0.3, -0.25) is 4.98 Å². The van der Waals surface area contributed by atoms with Crippen LogP contribution in [0.15, 0.2) is 61.1 Å². The fraction of sp³-hybridized carbons (Fsp3) is 0.143. The number of hydrogen-bond donors (Lipinski definition) is 0. The molecule has 0 atom stereocenters. The van der Waals surface area contributed by atoms with Crippen molar-refractivity contribution in [2.75, 3.05) is 6.61 Å². The van der Waals surface area contributed by atoms with Gasteiger partial charge in [-0.25, -0.2) is 9.48 Å². The Balaban J connectivity index is 1.71. The normalized spacial score (nSPS) is 10.8. The fourth-order valence-corrected chi connectivity index (χ4v) is 2.96. The first-order valence-electron chi connectivity index (χ1n) is 8.87. The van der Waals surface area contributed by atoms with Crippen molar-refractivity contribution < 1.29 is 14.3 Å². The second-order valence-corrected chi connectivity index (χ2v) is 6.11. The lowest BCUT2D eigenvalue weighted by Crippen LogP contribution is -2.07. The molecule has 140 valence electrons. The van der Waals surface area contributed by atoms with Crippen molar-refractivity contribution in [1.82, 2.24) is 20.0 Å². The van der Waals surface area contributed by atoms with Crippen LogP contribution in [0.3, 0.4) is 0 Å². The summed E-state index contributed by atoms with van der Waals surface area (Å²) >= 11 is 0. The van der Waals surface area contributed by atoms with E-state index in [1.165, 1.54) is 0 Å². The number of carbonyl (C=O) groups is 1. The highest BCUT2D eigenvalue weighted by atomic mass is 16.5. The van der Waals surface area contributed by atoms with Crippen molar-refractivity contribution in [3.8, 4) is 17.2 Å². The predicted molar refractivity (Wildman–Crippen MR) is 104 cm³/mol. The molecule has 7 heteroatoms. The van der Waals surface area contributed by atoms with Crippen LogP contribution in [0.25, 0.3) is 16.6 Å². The van der Waals surface area contributed by atoms with E-state index in [0.29, 0.717) is 23.7 Å². The van der Waals surface area contributed by atoms with Crippen molar-refractivity contribution in [2.45, 2.75) is 13.8 Å². The highest BCUT2D eigenvalue weighted by Crippen LogP contribution is 2.32. The molecule has 0 aliphatic heterocycles.